The van der Waals surface area contributed by atoms with Gasteiger partial charge in [-0.15, -0.1) is 0 Å². The third-order valence-corrected chi connectivity index (χ3v) is 47.1. The van der Waals surface area contributed by atoms with Gasteiger partial charge in [0.25, 0.3) is 0 Å². The molecule has 0 nitrogen and oxygen atoms in total. The van der Waals surface area contributed by atoms with E-state index >= 15 is 0 Å². The number of benzene rings is 6. The number of rotatable bonds is 8. The van der Waals surface area contributed by atoms with E-state index in [0.29, 0.717) is 0 Å². The zero-order chi connectivity index (χ0) is 33.5. The van der Waals surface area contributed by atoms with Crippen LogP contribution in [0.1, 0.15) is 0 Å². The molecule has 244 valence electrons. The molecular weight excluding hydrogens is 818 g/mol. The third kappa shape index (κ3) is 10.6. The van der Waals surface area contributed by atoms with Gasteiger partial charge in [-0.05, 0) is 37.3 Å². The Morgan fingerprint density at radius 2 is 0.511 bits per heavy atom. The van der Waals surface area contributed by atoms with Gasteiger partial charge in [-0.1, -0.05) is 76.5 Å². The van der Waals surface area contributed by atoms with Gasteiger partial charge in [0.15, 0.2) is 0 Å². The molecule has 0 amide bonds. The van der Waals surface area contributed by atoms with Crippen LogP contribution in [-0.2, 0) is 17.1 Å². The molecule has 0 spiro atoms. The van der Waals surface area contributed by atoms with Gasteiger partial charge in [0.05, 0.1) is 0 Å². The normalized spacial score (nSPS) is 11.3. The standard InChI is InChI=1S/2C13H13Si.2C8H11P.Pt/c2*1-14(12-8-4-2-5-9-12)13-10-6-3-7-11-13;2*1-9(2)8-6-4-3-5-7-8;/h2*2-11H,1H3;2*3-7H,1-2H3;. The van der Waals surface area contributed by atoms with E-state index in [-0.39, 0.29) is 32.9 Å². The molecule has 0 aliphatic heterocycles. The van der Waals surface area contributed by atoms with Crippen molar-refractivity contribution in [3.05, 3.63) is 182 Å². The average Bonchev–Trinajstić information content (AvgIpc) is 3.14. The molecule has 6 rings (SSSR count). The molecule has 0 radical (unpaired) electrons. The van der Waals surface area contributed by atoms with E-state index in [4.69, 9.17) is 0 Å². The molecule has 0 N–H and O–H groups in total. The van der Waals surface area contributed by atoms with Crippen molar-refractivity contribution < 1.29 is 17.1 Å². The van der Waals surface area contributed by atoms with Gasteiger partial charge in [-0.2, -0.15) is 0 Å². The molecule has 0 fully saturated rings. The first-order valence-corrected chi connectivity index (χ1v) is 31.9. The first-order valence-electron chi connectivity index (χ1n) is 16.0. The van der Waals surface area contributed by atoms with Gasteiger partial charge in [0.1, 0.15) is 0 Å². The second-order valence-electron chi connectivity index (χ2n) is 11.9. The van der Waals surface area contributed by atoms with Crippen molar-refractivity contribution in [1.29, 1.82) is 0 Å². The minimum atomic E-state index is -1.83. The van der Waals surface area contributed by atoms with Crippen LogP contribution in [0.4, 0.5) is 0 Å². The first kappa shape index (κ1) is 37.1. The Labute approximate surface area is 296 Å². The van der Waals surface area contributed by atoms with Crippen LogP contribution in [0.2, 0.25) is 13.1 Å². The Bertz CT molecular complexity index is 1490. The van der Waals surface area contributed by atoms with Crippen molar-refractivity contribution in [1.82, 2.24) is 0 Å². The molecule has 47 heavy (non-hydrogen) atoms. The first-order chi connectivity index (χ1) is 22.7. The SMILES string of the molecule is CP(C)c1ccccc1.CP(C)c1ccccc1.C[Si]([Pt][Si](C)(c1ccccc1)c1ccccc1)(c1ccccc1)c1ccccc1. The van der Waals surface area contributed by atoms with Crippen LogP contribution < -0.4 is 31.4 Å². The fourth-order valence-corrected chi connectivity index (χ4v) is 51.4. The van der Waals surface area contributed by atoms with Gasteiger partial charge in [-0.3, -0.25) is 0 Å². The van der Waals surface area contributed by atoms with Crippen LogP contribution in [0.3, 0.4) is 0 Å². The minimum absolute atomic E-state index is 0.104. The number of hydrogen-bond acceptors (Lipinski definition) is 0. The van der Waals surface area contributed by atoms with Crippen LogP contribution in [-0.4, -0.2) is 38.8 Å². The topological polar surface area (TPSA) is 0 Å². The summed E-state index contributed by atoms with van der Waals surface area (Å²) in [6.45, 7) is 14.3. The molecule has 0 unspecified atom stereocenters. The van der Waals surface area contributed by atoms with Crippen molar-refractivity contribution in [2.24, 2.45) is 0 Å². The van der Waals surface area contributed by atoms with E-state index in [9.17, 15) is 0 Å². The monoisotopic (exact) mass is 865 g/mol. The van der Waals surface area contributed by atoms with Crippen molar-refractivity contribution in [2.45, 2.75) is 13.1 Å². The Kier molecular flexibility index (Phi) is 14.8. The van der Waals surface area contributed by atoms with Crippen molar-refractivity contribution in [3.63, 3.8) is 0 Å². The molecule has 0 aliphatic carbocycles. The van der Waals surface area contributed by atoms with Gasteiger partial charge >= 0.3 is 184 Å². The summed E-state index contributed by atoms with van der Waals surface area (Å²) in [6.07, 6.45) is 0. The van der Waals surface area contributed by atoms with E-state index < -0.39 is 12.1 Å². The maximum atomic E-state index is 2.61. The summed E-state index contributed by atoms with van der Waals surface area (Å²) in [5, 5.41) is 9.26. The molecule has 0 heterocycles. The zero-order valence-electron chi connectivity index (χ0n) is 28.5. The van der Waals surface area contributed by atoms with Gasteiger partial charge in [-0.25, -0.2) is 0 Å². The van der Waals surface area contributed by atoms with E-state index in [1.54, 1.807) is 20.7 Å². The second kappa shape index (κ2) is 18.7. The van der Waals surface area contributed by atoms with Crippen LogP contribution in [0.5, 0.6) is 0 Å². The predicted octanol–water partition coefficient (Wildman–Crippen LogP) is 7.96. The molecule has 6 aromatic carbocycles. The molecule has 0 saturated heterocycles. The molecule has 0 aromatic heterocycles. The Balaban J connectivity index is 0.000000225. The van der Waals surface area contributed by atoms with Crippen LogP contribution in [0, 0.1) is 0 Å². The fourth-order valence-electron chi connectivity index (χ4n) is 5.25. The molecule has 0 atom stereocenters. The van der Waals surface area contributed by atoms with Crippen LogP contribution >= 0.6 is 15.8 Å². The average molecular weight is 866 g/mol. The summed E-state index contributed by atoms with van der Waals surface area (Å²) in [6, 6.07) is 63.0. The molecular formula is C42H48P2PtSi2. The molecule has 0 aliphatic rings. The fraction of sp³-hybridized carbons (Fsp3) is 0.143. The van der Waals surface area contributed by atoms with E-state index in [1.165, 1.54) is 10.6 Å². The van der Waals surface area contributed by atoms with Crippen LogP contribution in [0.15, 0.2) is 182 Å². The molecule has 6 aromatic rings. The maximum absolute atomic E-state index is 2.61. The Morgan fingerprint density at radius 1 is 0.319 bits per heavy atom. The Hall–Kier alpha value is -2.70. The summed E-state index contributed by atoms with van der Waals surface area (Å²) < 4.78 is 0. The molecule has 0 bridgehead atoms. The summed E-state index contributed by atoms with van der Waals surface area (Å²) in [5.74, 6) is 0. The predicted molar refractivity (Wildman–Crippen MR) is 217 cm³/mol. The number of hydrogen-bond donors (Lipinski definition) is 0. The van der Waals surface area contributed by atoms with E-state index in [2.05, 4.69) is 222 Å². The summed E-state index contributed by atoms with van der Waals surface area (Å²) in [5.41, 5.74) is 0. The van der Waals surface area contributed by atoms with Gasteiger partial charge in [0, 0.05) is 0 Å². The summed E-state index contributed by atoms with van der Waals surface area (Å²) in [7, 11) is 0.209. The molecule has 5 heteroatoms. The Morgan fingerprint density at radius 3 is 0.681 bits per heavy atom. The van der Waals surface area contributed by atoms with Crippen LogP contribution in [0.25, 0.3) is 0 Å². The van der Waals surface area contributed by atoms with Gasteiger partial charge in [0.2, 0.25) is 0 Å². The summed E-state index contributed by atoms with van der Waals surface area (Å²) in [4.78, 5) is 0. The second-order valence-corrected chi connectivity index (χ2v) is 41.9. The van der Waals surface area contributed by atoms with E-state index in [0.717, 1.165) is 0 Å². The van der Waals surface area contributed by atoms with Crippen molar-refractivity contribution >= 4 is 59.3 Å². The van der Waals surface area contributed by atoms with Crippen molar-refractivity contribution in [3.8, 4) is 0 Å². The van der Waals surface area contributed by atoms with Gasteiger partial charge < -0.3 is 0 Å². The quantitative estimate of drug-likeness (QED) is 0.108. The van der Waals surface area contributed by atoms with E-state index in [1.807, 2.05) is 0 Å². The molecule has 0 saturated carbocycles. The summed E-state index contributed by atoms with van der Waals surface area (Å²) >= 11 is -0.125. The zero-order valence-corrected chi connectivity index (χ0v) is 34.6. The van der Waals surface area contributed by atoms with Crippen molar-refractivity contribution in [2.75, 3.05) is 26.7 Å². The third-order valence-electron chi connectivity index (χ3n) is 8.05.